The van der Waals surface area contributed by atoms with Crippen molar-refractivity contribution in [3.05, 3.63) is 53.8 Å². The fourth-order valence-electron chi connectivity index (χ4n) is 1.76. The zero-order valence-electron chi connectivity index (χ0n) is 11.3. The van der Waals surface area contributed by atoms with Crippen LogP contribution in [0.5, 0.6) is 5.75 Å². The van der Waals surface area contributed by atoms with Crippen molar-refractivity contribution >= 4 is 15.7 Å². The molecule has 2 aromatic rings. The maximum atomic E-state index is 13.9. The highest BCUT2D eigenvalue weighted by Gasteiger charge is 2.19. The van der Waals surface area contributed by atoms with Gasteiger partial charge in [0.15, 0.2) is 0 Å². The van der Waals surface area contributed by atoms with Crippen LogP contribution in [0.1, 0.15) is 5.56 Å². The summed E-state index contributed by atoms with van der Waals surface area (Å²) < 4.78 is 45.5. The first kappa shape index (κ1) is 15.3. The Kier molecular flexibility index (Phi) is 4.44. The van der Waals surface area contributed by atoms with Crippen molar-refractivity contribution in [2.45, 2.75) is 11.4 Å². The molecule has 0 saturated heterocycles. The summed E-state index contributed by atoms with van der Waals surface area (Å²) in [5.74, 6) is -0.240. The van der Waals surface area contributed by atoms with Crippen molar-refractivity contribution in [2.24, 2.45) is 5.73 Å². The molecule has 0 aromatic heterocycles. The summed E-state index contributed by atoms with van der Waals surface area (Å²) in [5, 5.41) is 0. The number of anilines is 1. The third-order valence-electron chi connectivity index (χ3n) is 2.86. The lowest BCUT2D eigenvalue weighted by molar-refractivity contribution is 0.415. The predicted octanol–water partition coefficient (Wildman–Crippen LogP) is 2.09. The third kappa shape index (κ3) is 3.50. The number of hydrogen-bond acceptors (Lipinski definition) is 4. The van der Waals surface area contributed by atoms with Crippen LogP contribution in [-0.2, 0) is 16.6 Å². The van der Waals surface area contributed by atoms with Gasteiger partial charge in [-0.05, 0) is 42.0 Å². The van der Waals surface area contributed by atoms with Crippen molar-refractivity contribution in [2.75, 3.05) is 11.8 Å². The van der Waals surface area contributed by atoms with Gasteiger partial charge in [-0.2, -0.15) is 0 Å². The number of nitrogens with two attached hydrogens (primary N) is 1. The number of methoxy groups -OCH3 is 1. The van der Waals surface area contributed by atoms with Gasteiger partial charge in [0.05, 0.1) is 7.11 Å². The van der Waals surface area contributed by atoms with E-state index in [0.29, 0.717) is 17.0 Å². The SMILES string of the molecule is COc1ccc(NS(=O)(=O)c2ccc(CN)cc2F)cc1. The molecule has 112 valence electrons. The van der Waals surface area contributed by atoms with E-state index in [0.717, 1.165) is 6.07 Å². The van der Waals surface area contributed by atoms with E-state index < -0.39 is 20.7 Å². The Labute approximate surface area is 122 Å². The summed E-state index contributed by atoms with van der Waals surface area (Å²) in [6.45, 7) is 0.142. The van der Waals surface area contributed by atoms with Crippen molar-refractivity contribution in [1.82, 2.24) is 0 Å². The monoisotopic (exact) mass is 310 g/mol. The molecule has 21 heavy (non-hydrogen) atoms. The summed E-state index contributed by atoms with van der Waals surface area (Å²) in [4.78, 5) is -0.421. The molecule has 0 aliphatic carbocycles. The number of halogens is 1. The Morgan fingerprint density at radius 1 is 1.19 bits per heavy atom. The van der Waals surface area contributed by atoms with Crippen LogP contribution in [0, 0.1) is 5.82 Å². The largest absolute Gasteiger partial charge is 0.497 e. The van der Waals surface area contributed by atoms with Gasteiger partial charge in [0.2, 0.25) is 0 Å². The highest BCUT2D eigenvalue weighted by atomic mass is 32.2. The van der Waals surface area contributed by atoms with E-state index in [-0.39, 0.29) is 6.54 Å². The second-order valence-corrected chi connectivity index (χ2v) is 5.95. The fraction of sp³-hybridized carbons (Fsp3) is 0.143. The standard InChI is InChI=1S/C14H15FN2O3S/c1-20-12-5-3-11(4-6-12)17-21(18,19)14-7-2-10(9-16)8-13(14)15/h2-8,17H,9,16H2,1H3. The van der Waals surface area contributed by atoms with Crippen molar-refractivity contribution < 1.29 is 17.5 Å². The Morgan fingerprint density at radius 2 is 1.86 bits per heavy atom. The lowest BCUT2D eigenvalue weighted by atomic mass is 10.2. The lowest BCUT2D eigenvalue weighted by Crippen LogP contribution is -2.15. The number of nitrogens with one attached hydrogen (secondary N) is 1. The topological polar surface area (TPSA) is 81.4 Å². The average molecular weight is 310 g/mol. The average Bonchev–Trinajstić information content (AvgIpc) is 2.47. The molecule has 0 fully saturated rings. The van der Waals surface area contributed by atoms with Crippen LogP contribution < -0.4 is 15.2 Å². The van der Waals surface area contributed by atoms with Gasteiger partial charge in [-0.15, -0.1) is 0 Å². The number of rotatable bonds is 5. The van der Waals surface area contributed by atoms with Gasteiger partial charge in [-0.25, -0.2) is 12.8 Å². The van der Waals surface area contributed by atoms with E-state index in [1.807, 2.05) is 0 Å². The fourth-order valence-corrected chi connectivity index (χ4v) is 2.88. The van der Waals surface area contributed by atoms with E-state index in [4.69, 9.17) is 10.5 Å². The maximum Gasteiger partial charge on any atom is 0.264 e. The van der Waals surface area contributed by atoms with Crippen molar-refractivity contribution in [1.29, 1.82) is 0 Å². The summed E-state index contributed by atoms with van der Waals surface area (Å²) >= 11 is 0. The van der Waals surface area contributed by atoms with Gasteiger partial charge in [0.25, 0.3) is 10.0 Å². The molecule has 0 heterocycles. The summed E-state index contributed by atoms with van der Waals surface area (Å²) in [6.07, 6.45) is 0. The summed E-state index contributed by atoms with van der Waals surface area (Å²) in [5.41, 5.74) is 6.23. The smallest absolute Gasteiger partial charge is 0.264 e. The number of hydrogen-bond donors (Lipinski definition) is 2. The molecule has 0 aliphatic rings. The van der Waals surface area contributed by atoms with Crippen LogP contribution in [0.3, 0.4) is 0 Å². The molecule has 0 radical (unpaired) electrons. The van der Waals surface area contributed by atoms with E-state index in [9.17, 15) is 12.8 Å². The minimum absolute atomic E-state index is 0.142. The molecule has 0 spiro atoms. The van der Waals surface area contributed by atoms with Gasteiger partial charge in [-0.3, -0.25) is 4.72 Å². The van der Waals surface area contributed by atoms with Gasteiger partial charge >= 0.3 is 0 Å². The highest BCUT2D eigenvalue weighted by Crippen LogP contribution is 2.21. The third-order valence-corrected chi connectivity index (χ3v) is 4.28. The zero-order valence-corrected chi connectivity index (χ0v) is 12.2. The minimum atomic E-state index is -4.00. The van der Waals surface area contributed by atoms with Crippen LogP contribution in [0.25, 0.3) is 0 Å². The van der Waals surface area contributed by atoms with Crippen molar-refractivity contribution in [3.63, 3.8) is 0 Å². The van der Waals surface area contributed by atoms with Gasteiger partial charge in [0, 0.05) is 12.2 Å². The quantitative estimate of drug-likeness (QED) is 0.886. The van der Waals surface area contributed by atoms with Gasteiger partial charge in [-0.1, -0.05) is 6.07 Å². The normalized spacial score (nSPS) is 11.2. The molecule has 0 bridgehead atoms. The maximum absolute atomic E-state index is 13.9. The number of benzene rings is 2. The second kappa shape index (κ2) is 6.11. The van der Waals surface area contributed by atoms with Crippen molar-refractivity contribution in [3.8, 4) is 5.75 Å². The zero-order chi connectivity index (χ0) is 15.5. The summed E-state index contributed by atoms with van der Waals surface area (Å²) in [7, 11) is -2.49. The minimum Gasteiger partial charge on any atom is -0.497 e. The Hall–Kier alpha value is -2.12. The molecule has 0 unspecified atom stereocenters. The van der Waals surface area contributed by atoms with Crippen LogP contribution in [-0.4, -0.2) is 15.5 Å². The van der Waals surface area contributed by atoms with E-state index in [2.05, 4.69) is 4.72 Å². The first-order valence-electron chi connectivity index (χ1n) is 6.11. The highest BCUT2D eigenvalue weighted by molar-refractivity contribution is 7.92. The molecule has 7 heteroatoms. The first-order chi connectivity index (χ1) is 9.96. The molecule has 0 saturated carbocycles. The van der Waals surface area contributed by atoms with Gasteiger partial charge in [0.1, 0.15) is 16.5 Å². The molecule has 5 nitrogen and oxygen atoms in total. The summed E-state index contributed by atoms with van der Waals surface area (Å²) in [6, 6.07) is 10.1. The first-order valence-corrected chi connectivity index (χ1v) is 7.60. The molecule has 0 aliphatic heterocycles. The van der Waals surface area contributed by atoms with E-state index in [1.54, 1.807) is 12.1 Å². The molecule has 0 amide bonds. The molecule has 2 aromatic carbocycles. The Morgan fingerprint density at radius 3 is 2.38 bits per heavy atom. The number of ether oxygens (including phenoxy) is 1. The Balaban J connectivity index is 2.29. The molecular weight excluding hydrogens is 295 g/mol. The van der Waals surface area contributed by atoms with Crippen LogP contribution in [0.15, 0.2) is 47.4 Å². The predicted molar refractivity (Wildman–Crippen MR) is 78.1 cm³/mol. The Bertz CT molecular complexity index is 730. The molecule has 2 rings (SSSR count). The second-order valence-electron chi connectivity index (χ2n) is 4.30. The lowest BCUT2D eigenvalue weighted by Gasteiger charge is -2.10. The molecule has 3 N–H and O–H groups in total. The van der Waals surface area contributed by atoms with E-state index >= 15 is 0 Å². The van der Waals surface area contributed by atoms with Crippen LogP contribution in [0.4, 0.5) is 10.1 Å². The molecular formula is C14H15FN2O3S. The number of sulfonamides is 1. The molecule has 0 atom stereocenters. The van der Waals surface area contributed by atoms with Crippen LogP contribution >= 0.6 is 0 Å². The van der Waals surface area contributed by atoms with E-state index in [1.165, 1.54) is 31.4 Å². The van der Waals surface area contributed by atoms with Gasteiger partial charge < -0.3 is 10.5 Å². The van der Waals surface area contributed by atoms with Crippen LogP contribution in [0.2, 0.25) is 0 Å².